The van der Waals surface area contributed by atoms with Crippen molar-refractivity contribution in [3.8, 4) is 0 Å². The monoisotopic (exact) mass is 347 g/mol. The van der Waals surface area contributed by atoms with Crippen molar-refractivity contribution in [3.05, 3.63) is 24.3 Å². The maximum Gasteiger partial charge on any atom is 0.358 e. The van der Waals surface area contributed by atoms with Crippen LogP contribution in [0.25, 0.3) is 10.5 Å². The molecule has 1 fully saturated rings. The Balaban J connectivity index is 1.47. The Kier molecular flexibility index (Phi) is 3.78. The molecule has 3 aromatic heterocycles. The number of hydrogen-bond acceptors (Lipinski definition) is 9. The SMILES string of the molecule is O=C(O)c1cn(CC2CN(c3nc4nccnc4s3)CCO2)nn1. The summed E-state index contributed by atoms with van der Waals surface area (Å²) in [6, 6.07) is 0. The molecule has 24 heavy (non-hydrogen) atoms. The van der Waals surface area contributed by atoms with Crippen molar-refractivity contribution in [1.29, 1.82) is 0 Å². The van der Waals surface area contributed by atoms with Crippen LogP contribution in [0.2, 0.25) is 0 Å². The first-order chi connectivity index (χ1) is 11.7. The highest BCUT2D eigenvalue weighted by Gasteiger charge is 2.24. The third-order valence-corrected chi connectivity index (χ3v) is 4.61. The van der Waals surface area contributed by atoms with E-state index < -0.39 is 5.97 Å². The zero-order chi connectivity index (χ0) is 16.5. The fourth-order valence-corrected chi connectivity index (χ4v) is 3.40. The van der Waals surface area contributed by atoms with E-state index >= 15 is 0 Å². The Morgan fingerprint density at radius 3 is 3.08 bits per heavy atom. The Morgan fingerprint density at radius 1 is 1.42 bits per heavy atom. The zero-order valence-electron chi connectivity index (χ0n) is 12.4. The molecule has 0 radical (unpaired) electrons. The summed E-state index contributed by atoms with van der Waals surface area (Å²) in [5, 5.41) is 17.2. The van der Waals surface area contributed by atoms with Gasteiger partial charge in [-0.2, -0.15) is 4.98 Å². The van der Waals surface area contributed by atoms with Gasteiger partial charge in [-0.15, -0.1) is 5.10 Å². The van der Waals surface area contributed by atoms with Gasteiger partial charge in [-0.05, 0) is 0 Å². The average molecular weight is 347 g/mol. The highest BCUT2D eigenvalue weighted by Crippen LogP contribution is 2.27. The second kappa shape index (κ2) is 6.09. The molecule has 10 nitrogen and oxygen atoms in total. The number of carbonyl (C=O) groups is 1. The van der Waals surface area contributed by atoms with Crippen molar-refractivity contribution in [2.75, 3.05) is 24.6 Å². The topological polar surface area (TPSA) is 119 Å². The minimum absolute atomic E-state index is 0.0778. The molecule has 11 heteroatoms. The Hall–Kier alpha value is -2.66. The summed E-state index contributed by atoms with van der Waals surface area (Å²) in [6.45, 7) is 2.34. The van der Waals surface area contributed by atoms with Gasteiger partial charge in [-0.3, -0.25) is 0 Å². The third kappa shape index (κ3) is 2.90. The van der Waals surface area contributed by atoms with Gasteiger partial charge in [0, 0.05) is 25.5 Å². The van der Waals surface area contributed by atoms with Crippen LogP contribution < -0.4 is 4.90 Å². The summed E-state index contributed by atoms with van der Waals surface area (Å²) in [6.07, 6.45) is 4.54. The number of thiazole rings is 1. The van der Waals surface area contributed by atoms with Crippen molar-refractivity contribution in [2.45, 2.75) is 12.6 Å². The quantitative estimate of drug-likeness (QED) is 0.709. The maximum atomic E-state index is 10.9. The highest BCUT2D eigenvalue weighted by atomic mass is 32.1. The van der Waals surface area contributed by atoms with Crippen molar-refractivity contribution < 1.29 is 14.6 Å². The lowest BCUT2D eigenvalue weighted by atomic mass is 10.3. The smallest absolute Gasteiger partial charge is 0.358 e. The lowest BCUT2D eigenvalue weighted by Gasteiger charge is -2.32. The first-order valence-electron chi connectivity index (χ1n) is 7.26. The van der Waals surface area contributed by atoms with E-state index in [1.807, 2.05) is 0 Å². The third-order valence-electron chi connectivity index (χ3n) is 3.59. The van der Waals surface area contributed by atoms with Crippen molar-refractivity contribution in [2.24, 2.45) is 0 Å². The van der Waals surface area contributed by atoms with E-state index in [9.17, 15) is 4.79 Å². The molecule has 3 aromatic rings. The van der Waals surface area contributed by atoms with Crippen molar-refractivity contribution >= 4 is 32.9 Å². The van der Waals surface area contributed by atoms with Gasteiger partial charge >= 0.3 is 5.97 Å². The van der Waals surface area contributed by atoms with Gasteiger partial charge in [0.1, 0.15) is 0 Å². The van der Waals surface area contributed by atoms with Crippen LogP contribution in [0.5, 0.6) is 0 Å². The van der Waals surface area contributed by atoms with Gasteiger partial charge in [-0.25, -0.2) is 19.4 Å². The van der Waals surface area contributed by atoms with Gasteiger partial charge in [-0.1, -0.05) is 16.6 Å². The molecule has 4 rings (SSSR count). The van der Waals surface area contributed by atoms with E-state index in [2.05, 4.69) is 30.2 Å². The summed E-state index contributed by atoms with van der Waals surface area (Å²) >= 11 is 1.49. The van der Waals surface area contributed by atoms with Crippen LogP contribution in [-0.4, -0.2) is 66.8 Å². The van der Waals surface area contributed by atoms with Crippen LogP contribution in [0.4, 0.5) is 5.13 Å². The summed E-state index contributed by atoms with van der Waals surface area (Å²) in [5.41, 5.74) is 0.564. The predicted octanol–water partition coefficient (Wildman–Crippen LogP) is 0.281. The fourth-order valence-electron chi connectivity index (χ4n) is 2.50. The molecule has 1 aliphatic heterocycles. The average Bonchev–Trinajstić information content (AvgIpc) is 3.21. The summed E-state index contributed by atoms with van der Waals surface area (Å²) in [7, 11) is 0. The van der Waals surface area contributed by atoms with Gasteiger partial charge in [0.25, 0.3) is 0 Å². The second-order valence-corrected chi connectivity index (χ2v) is 6.21. The first kappa shape index (κ1) is 14.9. The highest BCUT2D eigenvalue weighted by molar-refractivity contribution is 7.21. The molecule has 1 unspecified atom stereocenters. The Morgan fingerprint density at radius 2 is 2.29 bits per heavy atom. The molecular weight excluding hydrogens is 334 g/mol. The second-order valence-electron chi connectivity index (χ2n) is 5.25. The van der Waals surface area contributed by atoms with Crippen LogP contribution in [0.3, 0.4) is 0 Å². The number of ether oxygens (including phenoxy) is 1. The lowest BCUT2D eigenvalue weighted by Crippen LogP contribution is -2.44. The molecule has 0 spiro atoms. The van der Waals surface area contributed by atoms with E-state index in [-0.39, 0.29) is 11.8 Å². The molecule has 1 saturated heterocycles. The number of nitrogens with zero attached hydrogens (tertiary/aromatic N) is 7. The normalized spacial score (nSPS) is 18.2. The van der Waals surface area contributed by atoms with E-state index in [0.29, 0.717) is 25.3 Å². The summed E-state index contributed by atoms with van der Waals surface area (Å²) < 4.78 is 7.23. The molecule has 1 N–H and O–H groups in total. The first-order valence-corrected chi connectivity index (χ1v) is 8.08. The van der Waals surface area contributed by atoms with E-state index in [1.54, 1.807) is 12.4 Å². The fraction of sp³-hybridized carbons (Fsp3) is 0.385. The summed E-state index contributed by atoms with van der Waals surface area (Å²) in [4.78, 5) is 26.8. The molecule has 0 aliphatic carbocycles. The van der Waals surface area contributed by atoms with Crippen LogP contribution in [0.15, 0.2) is 18.6 Å². The molecule has 0 aromatic carbocycles. The molecule has 0 amide bonds. The molecule has 1 aliphatic rings. The van der Waals surface area contributed by atoms with Crippen LogP contribution in [-0.2, 0) is 11.3 Å². The van der Waals surface area contributed by atoms with Crippen molar-refractivity contribution in [1.82, 2.24) is 29.9 Å². The number of hydrogen-bond donors (Lipinski definition) is 1. The molecular formula is C13H13N7O3S. The van der Waals surface area contributed by atoms with Gasteiger partial charge in [0.15, 0.2) is 21.3 Å². The van der Waals surface area contributed by atoms with E-state index in [4.69, 9.17) is 9.84 Å². The molecule has 1 atom stereocenters. The van der Waals surface area contributed by atoms with Gasteiger partial charge in [0.2, 0.25) is 0 Å². The molecule has 0 saturated carbocycles. The van der Waals surface area contributed by atoms with Gasteiger partial charge < -0.3 is 14.7 Å². The lowest BCUT2D eigenvalue weighted by molar-refractivity contribution is 0.0271. The summed E-state index contributed by atoms with van der Waals surface area (Å²) in [5.74, 6) is -1.10. The number of anilines is 1. The number of aromatic nitrogens is 6. The van der Waals surface area contributed by atoms with E-state index in [0.717, 1.165) is 16.5 Å². The van der Waals surface area contributed by atoms with Crippen LogP contribution in [0.1, 0.15) is 10.5 Å². The number of rotatable bonds is 4. The molecule has 4 heterocycles. The van der Waals surface area contributed by atoms with Crippen LogP contribution in [0, 0.1) is 0 Å². The zero-order valence-corrected chi connectivity index (χ0v) is 13.3. The number of carboxylic acids is 1. The minimum Gasteiger partial charge on any atom is -0.476 e. The van der Waals surface area contributed by atoms with E-state index in [1.165, 1.54) is 22.2 Å². The largest absolute Gasteiger partial charge is 0.476 e. The number of aromatic carboxylic acids is 1. The Bertz CT molecular complexity index is 846. The van der Waals surface area contributed by atoms with Gasteiger partial charge in [0.05, 0.1) is 25.5 Å². The Labute approximate surface area is 139 Å². The molecule has 124 valence electrons. The maximum absolute atomic E-state index is 10.9. The number of carboxylic acid groups (broad SMARTS) is 1. The number of fused-ring (bicyclic) bond motifs is 1. The molecule has 0 bridgehead atoms. The minimum atomic E-state index is -1.10. The standard InChI is InChI=1S/C13H13N7O3S/c21-12(22)9-7-20(18-17-9)6-8-5-19(3-4-23-8)13-16-10-11(24-13)15-2-1-14-10/h1-2,7-8H,3-6H2,(H,21,22). The van der Waals surface area contributed by atoms with Crippen molar-refractivity contribution in [3.63, 3.8) is 0 Å². The predicted molar refractivity (Wildman–Crippen MR) is 84.1 cm³/mol. The van der Waals surface area contributed by atoms with Crippen LogP contribution >= 0.6 is 11.3 Å². The number of morpholine rings is 1.